The minimum atomic E-state index is -3.71. The normalized spacial score (nSPS) is 11.1. The van der Waals surface area contributed by atoms with E-state index < -0.39 is 10.0 Å². The predicted octanol–water partition coefficient (Wildman–Crippen LogP) is 2.24. The van der Waals surface area contributed by atoms with Gasteiger partial charge in [0.1, 0.15) is 4.90 Å². The molecule has 0 unspecified atom stereocenters. The molecule has 0 aliphatic rings. The van der Waals surface area contributed by atoms with Gasteiger partial charge in [0.05, 0.1) is 19.0 Å². The van der Waals surface area contributed by atoms with Crippen LogP contribution in [-0.4, -0.2) is 20.5 Å². The maximum atomic E-state index is 12.2. The van der Waals surface area contributed by atoms with Gasteiger partial charge in [0, 0.05) is 16.2 Å². The summed E-state index contributed by atoms with van der Waals surface area (Å²) >= 11 is 3.18. The summed E-state index contributed by atoms with van der Waals surface area (Å²) in [4.78, 5) is 4.03. The first-order valence-corrected chi connectivity index (χ1v) is 7.78. The van der Waals surface area contributed by atoms with E-state index in [4.69, 9.17) is 10.5 Å². The molecular formula is C12H12BrN3O3S. The fourth-order valence-corrected chi connectivity index (χ4v) is 3.65. The molecule has 0 aliphatic heterocycles. The fraction of sp³-hybridized carbons (Fsp3) is 0.0833. The summed E-state index contributed by atoms with van der Waals surface area (Å²) in [5, 5.41) is 0. The van der Waals surface area contributed by atoms with Crippen LogP contribution in [0.3, 0.4) is 0 Å². The number of rotatable bonds is 4. The zero-order valence-electron chi connectivity index (χ0n) is 10.5. The van der Waals surface area contributed by atoms with E-state index in [-0.39, 0.29) is 4.90 Å². The van der Waals surface area contributed by atoms with Gasteiger partial charge in [0.25, 0.3) is 10.0 Å². The second-order valence-corrected chi connectivity index (χ2v) is 6.39. The number of pyridine rings is 1. The van der Waals surface area contributed by atoms with Crippen molar-refractivity contribution in [1.29, 1.82) is 0 Å². The molecule has 0 spiro atoms. The van der Waals surface area contributed by atoms with Crippen molar-refractivity contribution >= 4 is 37.3 Å². The van der Waals surface area contributed by atoms with Crippen molar-refractivity contribution in [3.63, 3.8) is 0 Å². The van der Waals surface area contributed by atoms with Gasteiger partial charge in [0.15, 0.2) is 0 Å². The Morgan fingerprint density at radius 2 is 2.05 bits per heavy atom. The molecule has 0 bridgehead atoms. The number of nitrogen functional groups attached to an aromatic ring is 1. The van der Waals surface area contributed by atoms with E-state index in [0.29, 0.717) is 21.7 Å². The molecular weight excluding hydrogens is 346 g/mol. The molecule has 1 aromatic heterocycles. The first kappa shape index (κ1) is 14.6. The Kier molecular flexibility index (Phi) is 4.15. The summed E-state index contributed by atoms with van der Waals surface area (Å²) < 4.78 is 32.2. The zero-order chi connectivity index (χ0) is 14.8. The van der Waals surface area contributed by atoms with Crippen molar-refractivity contribution in [2.45, 2.75) is 4.90 Å². The van der Waals surface area contributed by atoms with Gasteiger partial charge in [-0.25, -0.2) is 13.4 Å². The number of aromatic nitrogens is 1. The van der Waals surface area contributed by atoms with Gasteiger partial charge < -0.3 is 10.5 Å². The zero-order valence-corrected chi connectivity index (χ0v) is 12.9. The second kappa shape index (κ2) is 5.68. The third kappa shape index (κ3) is 3.20. The van der Waals surface area contributed by atoms with Crippen LogP contribution in [-0.2, 0) is 10.0 Å². The van der Waals surface area contributed by atoms with Crippen LogP contribution in [0.1, 0.15) is 0 Å². The molecule has 3 N–H and O–H groups in total. The van der Waals surface area contributed by atoms with Crippen LogP contribution in [0.4, 0.5) is 11.4 Å². The van der Waals surface area contributed by atoms with Crippen LogP contribution in [0, 0.1) is 0 Å². The van der Waals surface area contributed by atoms with Crippen LogP contribution in [0.2, 0.25) is 0 Å². The molecule has 0 fully saturated rings. The van der Waals surface area contributed by atoms with E-state index in [0.717, 1.165) is 0 Å². The lowest BCUT2D eigenvalue weighted by Crippen LogP contribution is -2.13. The van der Waals surface area contributed by atoms with E-state index in [1.165, 1.54) is 31.5 Å². The summed E-state index contributed by atoms with van der Waals surface area (Å²) in [7, 11) is -2.23. The number of benzene rings is 1. The molecule has 0 radical (unpaired) electrons. The van der Waals surface area contributed by atoms with Crippen LogP contribution >= 0.6 is 15.9 Å². The van der Waals surface area contributed by atoms with Gasteiger partial charge in [-0.2, -0.15) is 0 Å². The third-order valence-electron chi connectivity index (χ3n) is 2.44. The summed E-state index contributed by atoms with van der Waals surface area (Å²) in [5.74, 6) is 0.404. The molecule has 2 aromatic rings. The van der Waals surface area contributed by atoms with Gasteiger partial charge in [-0.3, -0.25) is 4.72 Å². The number of hydrogen-bond acceptors (Lipinski definition) is 5. The fourth-order valence-electron chi connectivity index (χ4n) is 1.51. The predicted molar refractivity (Wildman–Crippen MR) is 80.2 cm³/mol. The van der Waals surface area contributed by atoms with E-state index in [1.807, 2.05) is 0 Å². The number of nitrogens with one attached hydrogen (secondary N) is 1. The van der Waals surface area contributed by atoms with Gasteiger partial charge in [-0.05, 0) is 40.2 Å². The van der Waals surface area contributed by atoms with E-state index in [2.05, 4.69) is 25.6 Å². The number of ether oxygens (including phenoxy) is 1. The molecule has 0 atom stereocenters. The smallest absolute Gasteiger partial charge is 0.263 e. The number of sulfonamides is 1. The summed E-state index contributed by atoms with van der Waals surface area (Å²) in [5.41, 5.74) is 6.40. The lowest BCUT2D eigenvalue weighted by Gasteiger charge is -2.10. The highest BCUT2D eigenvalue weighted by Gasteiger charge is 2.18. The van der Waals surface area contributed by atoms with Crippen LogP contribution in [0.15, 0.2) is 45.9 Å². The Balaban J connectivity index is 2.30. The Morgan fingerprint density at radius 1 is 1.30 bits per heavy atom. The Hall–Kier alpha value is -1.80. The summed E-state index contributed by atoms with van der Waals surface area (Å²) in [6.45, 7) is 0. The molecule has 0 aliphatic carbocycles. The van der Waals surface area contributed by atoms with Crippen molar-refractivity contribution in [2.24, 2.45) is 0 Å². The molecule has 0 saturated heterocycles. The lowest BCUT2D eigenvalue weighted by atomic mass is 10.3. The number of hydrogen-bond donors (Lipinski definition) is 2. The van der Waals surface area contributed by atoms with Gasteiger partial charge in [0.2, 0.25) is 5.88 Å². The topological polar surface area (TPSA) is 94.3 Å². The van der Waals surface area contributed by atoms with Crippen LogP contribution in [0.25, 0.3) is 0 Å². The van der Waals surface area contributed by atoms with Gasteiger partial charge >= 0.3 is 0 Å². The number of halogens is 1. The monoisotopic (exact) mass is 357 g/mol. The highest BCUT2D eigenvalue weighted by atomic mass is 79.9. The molecule has 8 heteroatoms. The maximum absolute atomic E-state index is 12.2. The number of methoxy groups -OCH3 is 1. The van der Waals surface area contributed by atoms with Crippen molar-refractivity contribution < 1.29 is 13.2 Å². The number of anilines is 2. The average molecular weight is 358 g/mol. The SMILES string of the molecule is COc1ccc(NS(=O)(=O)c2ccc(N)cc2Br)cn1. The molecule has 0 amide bonds. The first-order valence-electron chi connectivity index (χ1n) is 5.50. The molecule has 106 valence electrons. The molecule has 0 saturated carbocycles. The van der Waals surface area contributed by atoms with Crippen LogP contribution < -0.4 is 15.2 Å². The Morgan fingerprint density at radius 3 is 2.60 bits per heavy atom. The molecule has 1 aromatic carbocycles. The Labute approximate surface area is 125 Å². The Bertz CT molecular complexity index is 717. The molecule has 2 rings (SSSR count). The molecule has 1 heterocycles. The quantitative estimate of drug-likeness (QED) is 0.818. The average Bonchev–Trinajstić information content (AvgIpc) is 2.38. The molecule has 6 nitrogen and oxygen atoms in total. The lowest BCUT2D eigenvalue weighted by molar-refractivity contribution is 0.398. The summed E-state index contributed by atoms with van der Waals surface area (Å²) in [6, 6.07) is 7.61. The highest BCUT2D eigenvalue weighted by molar-refractivity contribution is 9.10. The minimum absolute atomic E-state index is 0.0996. The van der Waals surface area contributed by atoms with Gasteiger partial charge in [-0.1, -0.05) is 0 Å². The number of nitrogens with two attached hydrogens (primary N) is 1. The van der Waals surface area contributed by atoms with E-state index in [9.17, 15) is 8.42 Å². The highest BCUT2D eigenvalue weighted by Crippen LogP contribution is 2.26. The van der Waals surface area contributed by atoms with E-state index in [1.54, 1.807) is 12.1 Å². The van der Waals surface area contributed by atoms with Crippen LogP contribution in [0.5, 0.6) is 5.88 Å². The third-order valence-corrected chi connectivity index (χ3v) is 4.80. The largest absolute Gasteiger partial charge is 0.481 e. The number of nitrogens with zero attached hydrogens (tertiary/aromatic N) is 1. The van der Waals surface area contributed by atoms with Gasteiger partial charge in [-0.15, -0.1) is 0 Å². The summed E-state index contributed by atoms with van der Waals surface area (Å²) in [6.07, 6.45) is 1.38. The second-order valence-electron chi connectivity index (χ2n) is 3.88. The standard InChI is InChI=1S/C12H12BrN3O3S/c1-19-12-5-3-9(7-15-12)16-20(17,18)11-4-2-8(14)6-10(11)13/h2-7,16H,14H2,1H3. The van der Waals surface area contributed by atoms with Crippen molar-refractivity contribution in [3.05, 3.63) is 41.0 Å². The molecule has 20 heavy (non-hydrogen) atoms. The maximum Gasteiger partial charge on any atom is 0.263 e. The van der Waals surface area contributed by atoms with Crippen molar-refractivity contribution in [2.75, 3.05) is 17.6 Å². The van der Waals surface area contributed by atoms with Crippen molar-refractivity contribution in [3.8, 4) is 5.88 Å². The first-order chi connectivity index (χ1) is 9.42. The minimum Gasteiger partial charge on any atom is -0.481 e. The van der Waals surface area contributed by atoms with E-state index >= 15 is 0 Å². The van der Waals surface area contributed by atoms with Crippen molar-refractivity contribution in [1.82, 2.24) is 4.98 Å².